The van der Waals surface area contributed by atoms with Crippen molar-refractivity contribution in [1.82, 2.24) is 0 Å². The molecule has 1 N–H and O–H groups in total. The van der Waals surface area contributed by atoms with Crippen LogP contribution in [0.2, 0.25) is 0 Å². The van der Waals surface area contributed by atoms with Crippen molar-refractivity contribution in [3.63, 3.8) is 0 Å². The quantitative estimate of drug-likeness (QED) is 0.563. The van der Waals surface area contributed by atoms with Crippen molar-refractivity contribution >= 4 is 5.97 Å². The molecule has 3 nitrogen and oxygen atoms in total. The van der Waals surface area contributed by atoms with Crippen molar-refractivity contribution < 1.29 is 14.6 Å². The Hall–Kier alpha value is -1.51. The summed E-state index contributed by atoms with van der Waals surface area (Å²) in [6.07, 6.45) is 9.75. The fourth-order valence-electron chi connectivity index (χ4n) is 2.36. The van der Waals surface area contributed by atoms with Crippen molar-refractivity contribution in [3.05, 3.63) is 29.8 Å². The molecule has 0 aromatic heterocycles. The minimum atomic E-state index is -0.899. The van der Waals surface area contributed by atoms with Gasteiger partial charge in [-0.3, -0.25) is 0 Å². The molecule has 3 heteroatoms. The van der Waals surface area contributed by atoms with E-state index in [-0.39, 0.29) is 6.10 Å². The minimum Gasteiger partial charge on any atom is -0.490 e. The van der Waals surface area contributed by atoms with Gasteiger partial charge in [-0.2, -0.15) is 0 Å². The van der Waals surface area contributed by atoms with Crippen molar-refractivity contribution in [2.75, 3.05) is 0 Å². The number of hydrogen-bond donors (Lipinski definition) is 1. The van der Waals surface area contributed by atoms with Gasteiger partial charge in [-0.05, 0) is 43.5 Å². The Morgan fingerprint density at radius 2 is 1.62 bits per heavy atom. The number of carbonyl (C=O) groups is 1. The lowest BCUT2D eigenvalue weighted by Gasteiger charge is -2.19. The van der Waals surface area contributed by atoms with E-state index in [0.29, 0.717) is 5.56 Å². The molecule has 0 aliphatic carbocycles. The Bertz CT molecular complexity index is 397. The molecule has 0 fully saturated rings. The number of ether oxygens (including phenoxy) is 1. The van der Waals surface area contributed by atoms with Gasteiger partial charge in [0.05, 0.1) is 11.7 Å². The molecule has 0 aliphatic heterocycles. The first-order valence-electron chi connectivity index (χ1n) is 8.17. The second-order valence-electron chi connectivity index (χ2n) is 5.56. The maximum Gasteiger partial charge on any atom is 0.335 e. The largest absolute Gasteiger partial charge is 0.490 e. The molecule has 21 heavy (non-hydrogen) atoms. The van der Waals surface area contributed by atoms with Crippen LogP contribution in [0, 0.1) is 0 Å². The maximum atomic E-state index is 10.8. The first-order chi connectivity index (χ1) is 10.2. The van der Waals surface area contributed by atoms with E-state index in [1.165, 1.54) is 38.5 Å². The van der Waals surface area contributed by atoms with E-state index in [2.05, 4.69) is 13.8 Å². The van der Waals surface area contributed by atoms with Crippen molar-refractivity contribution in [2.24, 2.45) is 0 Å². The fourth-order valence-corrected chi connectivity index (χ4v) is 2.36. The van der Waals surface area contributed by atoms with Gasteiger partial charge in [0.2, 0.25) is 0 Å². The first kappa shape index (κ1) is 17.5. The average molecular weight is 292 g/mol. The number of carboxylic acid groups (broad SMARTS) is 1. The molecular formula is C18H28O3. The molecule has 0 radical (unpaired) electrons. The van der Waals surface area contributed by atoms with Gasteiger partial charge in [0.1, 0.15) is 5.75 Å². The van der Waals surface area contributed by atoms with E-state index in [1.54, 1.807) is 24.3 Å². The van der Waals surface area contributed by atoms with Gasteiger partial charge in [-0.1, -0.05) is 46.0 Å². The van der Waals surface area contributed by atoms with E-state index in [9.17, 15) is 4.79 Å². The lowest BCUT2D eigenvalue weighted by molar-refractivity contribution is 0.0697. The molecule has 118 valence electrons. The Morgan fingerprint density at radius 1 is 1.00 bits per heavy atom. The zero-order valence-corrected chi connectivity index (χ0v) is 13.3. The summed E-state index contributed by atoms with van der Waals surface area (Å²) in [5.41, 5.74) is 0.301. The summed E-state index contributed by atoms with van der Waals surface area (Å²) in [6, 6.07) is 6.72. The molecule has 0 aliphatic rings. The van der Waals surface area contributed by atoms with E-state index in [0.717, 1.165) is 18.6 Å². The smallest absolute Gasteiger partial charge is 0.335 e. The maximum absolute atomic E-state index is 10.8. The van der Waals surface area contributed by atoms with Gasteiger partial charge in [0, 0.05) is 0 Å². The number of benzene rings is 1. The Kier molecular flexibility index (Phi) is 8.56. The number of carboxylic acids is 1. The molecule has 0 bridgehead atoms. The number of hydrogen-bond acceptors (Lipinski definition) is 2. The number of rotatable bonds is 11. The number of aromatic carboxylic acids is 1. The van der Waals surface area contributed by atoms with Crippen LogP contribution in [0.4, 0.5) is 0 Å². The standard InChI is InChI=1S/C18H28O3/c1-3-5-7-8-10-16(9-6-4-2)21-17-13-11-15(12-14-17)18(19)20/h11-14,16H,3-10H2,1-2H3,(H,19,20). The first-order valence-corrected chi connectivity index (χ1v) is 8.17. The summed E-state index contributed by atoms with van der Waals surface area (Å²) < 4.78 is 6.04. The van der Waals surface area contributed by atoms with Crippen LogP contribution in [0.25, 0.3) is 0 Å². The van der Waals surface area contributed by atoms with Crippen LogP contribution in [0.3, 0.4) is 0 Å². The van der Waals surface area contributed by atoms with Gasteiger partial charge in [-0.25, -0.2) is 4.79 Å². The minimum absolute atomic E-state index is 0.248. The van der Waals surface area contributed by atoms with Crippen LogP contribution in [0.1, 0.15) is 75.6 Å². The normalized spacial score (nSPS) is 12.1. The summed E-state index contributed by atoms with van der Waals surface area (Å²) in [7, 11) is 0. The molecule has 1 aromatic rings. The third-order valence-corrected chi connectivity index (χ3v) is 3.66. The fraction of sp³-hybridized carbons (Fsp3) is 0.611. The molecule has 1 aromatic carbocycles. The lowest BCUT2D eigenvalue weighted by Crippen LogP contribution is -2.16. The molecule has 1 rings (SSSR count). The van der Waals surface area contributed by atoms with Gasteiger partial charge >= 0.3 is 5.97 Å². The Balaban J connectivity index is 2.51. The number of unbranched alkanes of at least 4 members (excludes halogenated alkanes) is 4. The lowest BCUT2D eigenvalue weighted by atomic mass is 10.0. The molecule has 0 spiro atoms. The average Bonchev–Trinajstić information content (AvgIpc) is 2.49. The molecule has 0 saturated heterocycles. The zero-order chi connectivity index (χ0) is 15.5. The van der Waals surface area contributed by atoms with E-state index in [4.69, 9.17) is 9.84 Å². The van der Waals surface area contributed by atoms with Gasteiger partial charge in [0.15, 0.2) is 0 Å². The molecule has 0 saturated carbocycles. The third-order valence-electron chi connectivity index (χ3n) is 3.66. The summed E-state index contributed by atoms with van der Waals surface area (Å²) >= 11 is 0. The summed E-state index contributed by atoms with van der Waals surface area (Å²) in [5.74, 6) is -0.125. The van der Waals surface area contributed by atoms with Crippen molar-refractivity contribution in [3.8, 4) is 5.75 Å². The van der Waals surface area contributed by atoms with Crippen LogP contribution in [-0.4, -0.2) is 17.2 Å². The Morgan fingerprint density at radius 3 is 2.19 bits per heavy atom. The third kappa shape index (κ3) is 7.16. The second kappa shape index (κ2) is 10.3. The van der Waals surface area contributed by atoms with Crippen LogP contribution in [-0.2, 0) is 0 Å². The predicted octanol–water partition coefficient (Wildman–Crippen LogP) is 5.29. The van der Waals surface area contributed by atoms with Crippen LogP contribution >= 0.6 is 0 Å². The molecule has 1 atom stereocenters. The van der Waals surface area contributed by atoms with Gasteiger partial charge in [-0.15, -0.1) is 0 Å². The zero-order valence-electron chi connectivity index (χ0n) is 13.3. The summed E-state index contributed by atoms with van der Waals surface area (Å²) in [5, 5.41) is 8.90. The van der Waals surface area contributed by atoms with E-state index in [1.807, 2.05) is 0 Å². The highest BCUT2D eigenvalue weighted by molar-refractivity contribution is 5.87. The highest BCUT2D eigenvalue weighted by atomic mass is 16.5. The molecule has 1 unspecified atom stereocenters. The van der Waals surface area contributed by atoms with Crippen molar-refractivity contribution in [1.29, 1.82) is 0 Å². The van der Waals surface area contributed by atoms with Crippen LogP contribution in [0.15, 0.2) is 24.3 Å². The van der Waals surface area contributed by atoms with Gasteiger partial charge < -0.3 is 9.84 Å². The van der Waals surface area contributed by atoms with Crippen LogP contribution < -0.4 is 4.74 Å². The SMILES string of the molecule is CCCCCCC(CCCC)Oc1ccc(C(=O)O)cc1. The van der Waals surface area contributed by atoms with E-state index < -0.39 is 5.97 Å². The molecular weight excluding hydrogens is 264 g/mol. The van der Waals surface area contributed by atoms with E-state index >= 15 is 0 Å². The molecule has 0 amide bonds. The molecule has 0 heterocycles. The van der Waals surface area contributed by atoms with Crippen molar-refractivity contribution in [2.45, 2.75) is 71.3 Å². The highest BCUT2D eigenvalue weighted by Gasteiger charge is 2.11. The second-order valence-corrected chi connectivity index (χ2v) is 5.56. The van der Waals surface area contributed by atoms with Crippen LogP contribution in [0.5, 0.6) is 5.75 Å². The predicted molar refractivity (Wildman–Crippen MR) is 86.1 cm³/mol. The summed E-state index contributed by atoms with van der Waals surface area (Å²) in [6.45, 7) is 4.41. The van der Waals surface area contributed by atoms with Gasteiger partial charge in [0.25, 0.3) is 0 Å². The highest BCUT2D eigenvalue weighted by Crippen LogP contribution is 2.20. The monoisotopic (exact) mass is 292 g/mol. The summed E-state index contributed by atoms with van der Waals surface area (Å²) in [4.78, 5) is 10.8. The topological polar surface area (TPSA) is 46.5 Å². The Labute approximate surface area is 128 Å².